The molecule has 0 aliphatic rings. The summed E-state index contributed by atoms with van der Waals surface area (Å²) >= 11 is 0. The molecule has 0 saturated heterocycles. The Morgan fingerprint density at radius 1 is 0.333 bits per heavy atom. The quantitative estimate of drug-likeness (QED) is 0.156. The van der Waals surface area contributed by atoms with Gasteiger partial charge in [-0.25, -0.2) is 0 Å². The van der Waals surface area contributed by atoms with Crippen LogP contribution < -0.4 is 4.90 Å². The number of rotatable bonds is 6. The highest BCUT2D eigenvalue weighted by molar-refractivity contribution is 6.19. The molecule has 0 radical (unpaired) electrons. The van der Waals surface area contributed by atoms with E-state index < -0.39 is 0 Å². The molecule has 0 atom stereocenters. The van der Waals surface area contributed by atoms with Crippen LogP contribution in [0.3, 0.4) is 0 Å². The second-order valence-corrected chi connectivity index (χ2v) is 16.5. The van der Waals surface area contributed by atoms with Gasteiger partial charge in [0.05, 0.1) is 11.0 Å². The molecule has 2 aromatic heterocycles. The Balaban J connectivity index is 0.943. The first-order valence-corrected chi connectivity index (χ1v) is 21.6. The smallest absolute Gasteiger partial charge is 0.143 e. The molecular weight excluding hydrogens is 765 g/mol. The van der Waals surface area contributed by atoms with Crippen LogP contribution in [-0.2, 0) is 0 Å². The van der Waals surface area contributed by atoms with E-state index in [1.165, 1.54) is 59.7 Å². The summed E-state index contributed by atoms with van der Waals surface area (Å²) in [4.78, 5) is 2.37. The van der Waals surface area contributed by atoms with Crippen molar-refractivity contribution in [1.29, 1.82) is 0 Å². The van der Waals surface area contributed by atoms with Crippen LogP contribution in [0.15, 0.2) is 235 Å². The van der Waals surface area contributed by atoms with Crippen LogP contribution in [0.5, 0.6) is 0 Å². The summed E-state index contributed by atoms with van der Waals surface area (Å²) < 4.78 is 8.89. The average Bonchev–Trinajstić information content (AvgIpc) is 3.91. The van der Waals surface area contributed by atoms with Gasteiger partial charge < -0.3 is 13.9 Å². The Labute approximate surface area is 363 Å². The van der Waals surface area contributed by atoms with Crippen molar-refractivity contribution in [1.82, 2.24) is 4.57 Å². The summed E-state index contributed by atoms with van der Waals surface area (Å²) in [5.74, 6) is 0. The Morgan fingerprint density at radius 3 is 1.70 bits per heavy atom. The minimum atomic E-state index is 0.905. The molecule has 0 bridgehead atoms. The minimum Gasteiger partial charge on any atom is -0.455 e. The van der Waals surface area contributed by atoms with Gasteiger partial charge in [-0.2, -0.15) is 0 Å². The number of furan rings is 1. The number of hydrogen-bond donors (Lipinski definition) is 0. The number of hydrogen-bond acceptors (Lipinski definition) is 2. The van der Waals surface area contributed by atoms with Crippen LogP contribution in [0.4, 0.5) is 17.1 Å². The molecule has 11 aromatic carbocycles. The summed E-state index contributed by atoms with van der Waals surface area (Å²) in [7, 11) is 0. The van der Waals surface area contributed by atoms with E-state index in [2.05, 4.69) is 228 Å². The van der Waals surface area contributed by atoms with E-state index in [1.54, 1.807) is 0 Å². The lowest BCUT2D eigenvalue weighted by molar-refractivity contribution is 0.670. The number of fused-ring (bicyclic) bond motifs is 11. The topological polar surface area (TPSA) is 21.3 Å². The second-order valence-electron chi connectivity index (χ2n) is 16.5. The van der Waals surface area contributed by atoms with Gasteiger partial charge in [0.15, 0.2) is 0 Å². The fourth-order valence-electron chi connectivity index (χ4n) is 9.95. The Bertz CT molecular complexity index is 3900. The van der Waals surface area contributed by atoms with Crippen molar-refractivity contribution in [3.05, 3.63) is 231 Å². The van der Waals surface area contributed by atoms with Crippen molar-refractivity contribution in [2.24, 2.45) is 0 Å². The van der Waals surface area contributed by atoms with Gasteiger partial charge >= 0.3 is 0 Å². The van der Waals surface area contributed by atoms with E-state index in [1.807, 2.05) is 12.1 Å². The molecule has 3 nitrogen and oxygen atoms in total. The van der Waals surface area contributed by atoms with Crippen LogP contribution in [0.25, 0.3) is 104 Å². The van der Waals surface area contributed by atoms with Gasteiger partial charge in [0.25, 0.3) is 0 Å². The van der Waals surface area contributed by atoms with E-state index in [0.29, 0.717) is 0 Å². The zero-order valence-corrected chi connectivity index (χ0v) is 34.2. The monoisotopic (exact) mass is 802 g/mol. The van der Waals surface area contributed by atoms with Gasteiger partial charge in [0.1, 0.15) is 11.2 Å². The summed E-state index contributed by atoms with van der Waals surface area (Å²) in [5.41, 5.74) is 13.2. The maximum absolute atomic E-state index is 6.45. The molecule has 0 N–H and O–H groups in total. The predicted molar refractivity (Wildman–Crippen MR) is 266 cm³/mol. The lowest BCUT2D eigenvalue weighted by Crippen LogP contribution is -2.09. The molecule has 294 valence electrons. The van der Waals surface area contributed by atoms with E-state index >= 15 is 0 Å². The number of nitrogens with zero attached hydrogens (tertiary/aromatic N) is 2. The summed E-state index contributed by atoms with van der Waals surface area (Å²) in [5, 5.41) is 12.2. The van der Waals surface area contributed by atoms with Gasteiger partial charge in [-0.15, -0.1) is 0 Å². The average molecular weight is 803 g/mol. The Hall–Kier alpha value is -8.40. The van der Waals surface area contributed by atoms with Crippen molar-refractivity contribution in [2.45, 2.75) is 0 Å². The van der Waals surface area contributed by atoms with Crippen LogP contribution in [0.2, 0.25) is 0 Å². The van der Waals surface area contributed by atoms with Crippen LogP contribution in [0, 0.1) is 0 Å². The highest BCUT2D eigenvalue weighted by atomic mass is 16.3. The molecule has 2 heterocycles. The van der Waals surface area contributed by atoms with Gasteiger partial charge in [0.2, 0.25) is 0 Å². The van der Waals surface area contributed by atoms with E-state index in [0.717, 1.165) is 61.4 Å². The fraction of sp³-hybridized carbons (Fsp3) is 0. The molecule has 63 heavy (non-hydrogen) atoms. The van der Waals surface area contributed by atoms with E-state index in [4.69, 9.17) is 4.42 Å². The lowest BCUT2D eigenvalue weighted by Gasteiger charge is -2.26. The van der Waals surface area contributed by atoms with Gasteiger partial charge in [-0.05, 0) is 104 Å². The zero-order valence-electron chi connectivity index (χ0n) is 34.2. The Morgan fingerprint density at radius 2 is 0.905 bits per heavy atom. The van der Waals surface area contributed by atoms with Gasteiger partial charge in [-0.3, -0.25) is 0 Å². The maximum atomic E-state index is 6.45. The molecule has 13 aromatic rings. The fourth-order valence-corrected chi connectivity index (χ4v) is 9.95. The largest absolute Gasteiger partial charge is 0.455 e. The van der Waals surface area contributed by atoms with Crippen molar-refractivity contribution in [3.8, 4) is 27.9 Å². The maximum Gasteiger partial charge on any atom is 0.143 e. The third kappa shape index (κ3) is 5.67. The van der Waals surface area contributed by atoms with Gasteiger partial charge in [-0.1, -0.05) is 170 Å². The van der Waals surface area contributed by atoms with Crippen molar-refractivity contribution in [2.75, 3.05) is 4.90 Å². The van der Waals surface area contributed by atoms with E-state index in [-0.39, 0.29) is 0 Å². The van der Waals surface area contributed by atoms with Crippen molar-refractivity contribution >= 4 is 93.1 Å². The lowest BCUT2D eigenvalue weighted by atomic mass is 9.99. The number of benzene rings is 11. The van der Waals surface area contributed by atoms with Crippen molar-refractivity contribution < 1.29 is 4.42 Å². The number of anilines is 3. The molecule has 0 spiro atoms. The number of aromatic nitrogens is 1. The molecule has 0 saturated carbocycles. The second kappa shape index (κ2) is 14.1. The SMILES string of the molecule is c1ccc(-n2c3cc(-c4ccc(N(c5ccc(-c6cccc7c6oc6ccccc67)cc5)c5ccc6ccc7ccccc7c6c5)cc4)ccc3c3ccc4ccccc4c32)cc1. The Kier molecular flexibility index (Phi) is 7.91. The van der Waals surface area contributed by atoms with Crippen LogP contribution in [0.1, 0.15) is 0 Å². The highest BCUT2D eigenvalue weighted by Crippen LogP contribution is 2.42. The summed E-state index contributed by atoms with van der Waals surface area (Å²) in [6.45, 7) is 0. The van der Waals surface area contributed by atoms with Gasteiger partial charge in [0, 0.05) is 55.2 Å². The van der Waals surface area contributed by atoms with Crippen molar-refractivity contribution in [3.63, 3.8) is 0 Å². The number of para-hydroxylation sites is 3. The molecule has 0 unspecified atom stereocenters. The van der Waals surface area contributed by atoms with Crippen LogP contribution >= 0.6 is 0 Å². The predicted octanol–water partition coefficient (Wildman–Crippen LogP) is 16.9. The summed E-state index contributed by atoms with van der Waals surface area (Å²) in [6, 6.07) is 83.5. The molecule has 3 heteroatoms. The highest BCUT2D eigenvalue weighted by Gasteiger charge is 2.19. The molecular formula is C60H38N2O. The first-order valence-electron chi connectivity index (χ1n) is 21.6. The van der Waals surface area contributed by atoms with Crippen LogP contribution in [-0.4, -0.2) is 4.57 Å². The molecule has 13 rings (SSSR count). The molecule has 0 fully saturated rings. The summed E-state index contributed by atoms with van der Waals surface area (Å²) in [6.07, 6.45) is 0. The minimum absolute atomic E-state index is 0.905. The molecule has 0 aliphatic heterocycles. The first-order chi connectivity index (χ1) is 31.2. The first kappa shape index (κ1) is 35.4. The normalized spacial score (nSPS) is 11.8. The molecule has 0 aliphatic carbocycles. The van der Waals surface area contributed by atoms with E-state index in [9.17, 15) is 0 Å². The zero-order chi connectivity index (χ0) is 41.4. The third-order valence-corrected chi connectivity index (χ3v) is 13.0. The standard InChI is InChI=1S/C60H38N2O/c1-2-13-45(14-3-1)62-57-37-44(29-35-52(57)54-36-28-41-12-5-7-16-50(41)59(54)62)39-23-30-46(31-24-39)61(48-34-27-43-22-21-40-11-4-6-15-49(40)56(43)38-48)47-32-25-42(26-33-47)51-18-10-19-55-53-17-8-9-20-58(53)63-60(51)55/h1-38H. The third-order valence-electron chi connectivity index (χ3n) is 13.0. The molecule has 0 amide bonds.